The Balaban J connectivity index is 2.10. The maximum atomic E-state index is 9.63. The van der Waals surface area contributed by atoms with Gasteiger partial charge in [0.2, 0.25) is 0 Å². The van der Waals surface area contributed by atoms with E-state index in [9.17, 15) is 5.11 Å². The summed E-state index contributed by atoms with van der Waals surface area (Å²) in [6, 6.07) is 0.566. The molecule has 2 unspecified atom stereocenters. The van der Waals surface area contributed by atoms with Gasteiger partial charge in [-0.05, 0) is 33.4 Å². The van der Waals surface area contributed by atoms with E-state index in [1.54, 1.807) is 0 Å². The van der Waals surface area contributed by atoms with Gasteiger partial charge in [-0.25, -0.2) is 0 Å². The highest BCUT2D eigenvalue weighted by Gasteiger charge is 2.11. The maximum absolute atomic E-state index is 9.63. The maximum Gasteiger partial charge on any atom is 0.0791 e. The number of nitrogens with zero attached hydrogens (tertiary/aromatic N) is 1. The molecule has 0 bridgehead atoms. The molecule has 1 rings (SSSR count). The van der Waals surface area contributed by atoms with Crippen molar-refractivity contribution in [1.82, 2.24) is 10.2 Å². The Labute approximate surface area is 86.8 Å². The van der Waals surface area contributed by atoms with E-state index in [1.807, 2.05) is 19.0 Å². The fraction of sp³-hybridized carbons (Fsp3) is 0.818. The minimum atomic E-state index is -0.254. The summed E-state index contributed by atoms with van der Waals surface area (Å²) in [5, 5.41) is 13.0. The predicted octanol–water partition coefficient (Wildman–Crippen LogP) is 0.607. The largest absolute Gasteiger partial charge is 0.390 e. The van der Waals surface area contributed by atoms with Crippen molar-refractivity contribution in [1.29, 1.82) is 0 Å². The fourth-order valence-corrected chi connectivity index (χ4v) is 1.77. The van der Waals surface area contributed by atoms with Crippen LogP contribution >= 0.6 is 0 Å². The van der Waals surface area contributed by atoms with Crippen molar-refractivity contribution in [2.75, 3.05) is 27.2 Å². The Morgan fingerprint density at radius 3 is 2.86 bits per heavy atom. The van der Waals surface area contributed by atoms with Crippen molar-refractivity contribution in [2.24, 2.45) is 0 Å². The monoisotopic (exact) mass is 198 g/mol. The Morgan fingerprint density at radius 1 is 1.50 bits per heavy atom. The van der Waals surface area contributed by atoms with Crippen molar-refractivity contribution in [3.63, 3.8) is 0 Å². The molecular formula is C11H22N2O. The van der Waals surface area contributed by atoms with Gasteiger partial charge in [0.1, 0.15) is 0 Å². The number of aliphatic hydroxyl groups excluding tert-OH is 1. The summed E-state index contributed by atoms with van der Waals surface area (Å²) in [6.45, 7) is 1.44. The first-order valence-electron chi connectivity index (χ1n) is 5.39. The van der Waals surface area contributed by atoms with Gasteiger partial charge in [-0.1, -0.05) is 12.2 Å². The summed E-state index contributed by atoms with van der Waals surface area (Å²) in [5.74, 6) is 0. The molecule has 0 fully saturated rings. The van der Waals surface area contributed by atoms with Crippen molar-refractivity contribution in [3.8, 4) is 0 Å². The van der Waals surface area contributed by atoms with E-state index in [2.05, 4.69) is 17.5 Å². The lowest BCUT2D eigenvalue weighted by Crippen LogP contribution is -2.40. The molecule has 14 heavy (non-hydrogen) atoms. The van der Waals surface area contributed by atoms with E-state index < -0.39 is 0 Å². The normalized spacial score (nSPS) is 24.1. The van der Waals surface area contributed by atoms with Crippen LogP contribution in [0, 0.1) is 0 Å². The highest BCUT2D eigenvalue weighted by atomic mass is 16.3. The van der Waals surface area contributed by atoms with Gasteiger partial charge < -0.3 is 15.3 Å². The van der Waals surface area contributed by atoms with E-state index in [-0.39, 0.29) is 6.10 Å². The van der Waals surface area contributed by atoms with Gasteiger partial charge in [-0.15, -0.1) is 0 Å². The third kappa shape index (κ3) is 4.74. The molecule has 1 aliphatic rings. The molecule has 0 aromatic carbocycles. The molecular weight excluding hydrogens is 176 g/mol. The van der Waals surface area contributed by atoms with Gasteiger partial charge in [0, 0.05) is 19.1 Å². The first kappa shape index (κ1) is 11.7. The predicted molar refractivity (Wildman–Crippen MR) is 59.3 cm³/mol. The lowest BCUT2D eigenvalue weighted by atomic mass is 10.0. The molecule has 0 saturated heterocycles. The molecule has 0 aromatic heterocycles. The van der Waals surface area contributed by atoms with Gasteiger partial charge in [0.15, 0.2) is 0 Å². The van der Waals surface area contributed by atoms with Crippen LogP contribution in [0.25, 0.3) is 0 Å². The summed E-state index contributed by atoms with van der Waals surface area (Å²) < 4.78 is 0. The second-order valence-electron chi connectivity index (χ2n) is 4.31. The van der Waals surface area contributed by atoms with Gasteiger partial charge in [0.25, 0.3) is 0 Å². The number of nitrogens with one attached hydrogen (secondary N) is 1. The number of allylic oxidation sites excluding steroid dienone is 1. The van der Waals surface area contributed by atoms with Crippen LogP contribution in [0.2, 0.25) is 0 Å². The van der Waals surface area contributed by atoms with Crippen LogP contribution in [0.15, 0.2) is 12.2 Å². The number of hydrogen-bond donors (Lipinski definition) is 2. The molecule has 0 amide bonds. The molecule has 0 radical (unpaired) electrons. The molecule has 1 aliphatic carbocycles. The van der Waals surface area contributed by atoms with Crippen molar-refractivity contribution in [3.05, 3.63) is 12.2 Å². The van der Waals surface area contributed by atoms with E-state index in [0.29, 0.717) is 12.6 Å². The van der Waals surface area contributed by atoms with Crippen molar-refractivity contribution < 1.29 is 5.11 Å². The second-order valence-corrected chi connectivity index (χ2v) is 4.31. The second kappa shape index (κ2) is 6.17. The van der Waals surface area contributed by atoms with Gasteiger partial charge in [0.05, 0.1) is 6.10 Å². The minimum absolute atomic E-state index is 0.254. The number of rotatable bonds is 5. The van der Waals surface area contributed by atoms with Crippen LogP contribution in [0.3, 0.4) is 0 Å². The molecule has 0 aliphatic heterocycles. The van der Waals surface area contributed by atoms with Crippen molar-refractivity contribution >= 4 is 0 Å². The summed E-state index contributed by atoms with van der Waals surface area (Å²) in [4.78, 5) is 2.01. The molecule has 0 aromatic rings. The topological polar surface area (TPSA) is 35.5 Å². The quantitative estimate of drug-likeness (QED) is 0.635. The zero-order valence-electron chi connectivity index (χ0n) is 9.24. The highest BCUT2D eigenvalue weighted by Crippen LogP contribution is 2.10. The standard InChI is InChI=1S/C11H22N2O/c1-13(2)9-11(14)8-12-10-6-4-3-5-7-10/h3-4,10-12,14H,5-9H2,1-2H3. The third-order valence-corrected chi connectivity index (χ3v) is 2.49. The molecule has 2 atom stereocenters. The van der Waals surface area contributed by atoms with Gasteiger partial charge >= 0.3 is 0 Å². The van der Waals surface area contributed by atoms with Crippen molar-refractivity contribution in [2.45, 2.75) is 31.4 Å². The van der Waals surface area contributed by atoms with E-state index in [1.165, 1.54) is 12.8 Å². The summed E-state index contributed by atoms with van der Waals surface area (Å²) in [5.41, 5.74) is 0. The lowest BCUT2D eigenvalue weighted by Gasteiger charge is -2.22. The van der Waals surface area contributed by atoms with Crippen LogP contribution < -0.4 is 5.32 Å². The van der Waals surface area contributed by atoms with E-state index in [0.717, 1.165) is 13.0 Å². The van der Waals surface area contributed by atoms with Crippen LogP contribution in [0.1, 0.15) is 19.3 Å². The summed E-state index contributed by atoms with van der Waals surface area (Å²) >= 11 is 0. The molecule has 0 spiro atoms. The Bertz CT molecular complexity index is 180. The SMILES string of the molecule is CN(C)CC(O)CNC1CC=CCC1. The Hall–Kier alpha value is -0.380. The summed E-state index contributed by atoms with van der Waals surface area (Å²) in [7, 11) is 3.96. The van der Waals surface area contributed by atoms with Gasteiger partial charge in [-0.3, -0.25) is 0 Å². The summed E-state index contributed by atoms with van der Waals surface area (Å²) in [6.07, 6.45) is 7.67. The minimum Gasteiger partial charge on any atom is -0.390 e. The number of likely N-dealkylation sites (N-methyl/N-ethyl adjacent to an activating group) is 1. The third-order valence-electron chi connectivity index (χ3n) is 2.49. The zero-order valence-corrected chi connectivity index (χ0v) is 9.24. The Kier molecular flexibility index (Phi) is 5.15. The molecule has 0 heterocycles. The molecule has 3 heteroatoms. The average Bonchev–Trinajstić information content (AvgIpc) is 2.15. The average molecular weight is 198 g/mol. The van der Waals surface area contributed by atoms with E-state index in [4.69, 9.17) is 0 Å². The molecule has 82 valence electrons. The molecule has 2 N–H and O–H groups in total. The van der Waals surface area contributed by atoms with Crippen LogP contribution in [0.5, 0.6) is 0 Å². The van der Waals surface area contributed by atoms with Gasteiger partial charge in [-0.2, -0.15) is 0 Å². The van der Waals surface area contributed by atoms with E-state index >= 15 is 0 Å². The smallest absolute Gasteiger partial charge is 0.0791 e. The lowest BCUT2D eigenvalue weighted by molar-refractivity contribution is 0.131. The molecule has 0 saturated carbocycles. The van der Waals surface area contributed by atoms with Crippen LogP contribution in [-0.2, 0) is 0 Å². The Morgan fingerprint density at radius 2 is 2.29 bits per heavy atom. The van der Waals surface area contributed by atoms with Crippen LogP contribution in [0.4, 0.5) is 0 Å². The number of hydrogen-bond acceptors (Lipinski definition) is 3. The first-order chi connectivity index (χ1) is 6.68. The fourth-order valence-electron chi connectivity index (χ4n) is 1.77. The first-order valence-corrected chi connectivity index (χ1v) is 5.39. The molecule has 3 nitrogen and oxygen atoms in total. The van der Waals surface area contributed by atoms with Crippen LogP contribution in [-0.4, -0.2) is 49.3 Å². The number of aliphatic hydroxyl groups is 1. The zero-order chi connectivity index (χ0) is 10.4. The highest BCUT2D eigenvalue weighted by molar-refractivity contribution is 4.93.